The maximum atomic E-state index is 12.6. The molecule has 0 N–H and O–H groups in total. The van der Waals surface area contributed by atoms with Crippen LogP contribution in [-0.2, 0) is 9.59 Å². The summed E-state index contributed by atoms with van der Waals surface area (Å²) in [5.41, 5.74) is 0.891. The molecule has 5 heteroatoms. The minimum absolute atomic E-state index is 0.0472. The predicted octanol–water partition coefficient (Wildman–Crippen LogP) is 2.23. The van der Waals surface area contributed by atoms with Gasteiger partial charge in [0.1, 0.15) is 12.6 Å². The fraction of sp³-hybridized carbons (Fsp3) is 0.467. The number of carbonyl (C=O) groups excluding carboxylic acids is 2. The van der Waals surface area contributed by atoms with E-state index in [0.29, 0.717) is 11.6 Å². The molecule has 0 aromatic heterocycles. The van der Waals surface area contributed by atoms with Gasteiger partial charge in [0.15, 0.2) is 0 Å². The number of benzene rings is 1. The predicted molar refractivity (Wildman–Crippen MR) is 76.3 cm³/mol. The molecule has 2 atom stereocenters. The number of nitrogens with zero attached hydrogens (tertiary/aromatic N) is 2. The zero-order valence-corrected chi connectivity index (χ0v) is 12.1. The number of amides is 2. The minimum Gasteiger partial charge on any atom is -0.329 e. The van der Waals surface area contributed by atoms with E-state index in [1.165, 1.54) is 0 Å². The van der Waals surface area contributed by atoms with Crippen molar-refractivity contribution in [3.63, 3.8) is 0 Å². The highest BCUT2D eigenvalue weighted by Gasteiger charge is 2.43. The molecule has 1 aromatic carbocycles. The fourth-order valence-electron chi connectivity index (χ4n) is 3.14. The summed E-state index contributed by atoms with van der Waals surface area (Å²) in [6, 6.07) is 7.04. The first-order chi connectivity index (χ1) is 9.59. The zero-order chi connectivity index (χ0) is 14.3. The molecular formula is C15H17ClN2O2. The van der Waals surface area contributed by atoms with Crippen molar-refractivity contribution >= 4 is 23.4 Å². The second-order valence-corrected chi connectivity index (χ2v) is 5.82. The molecule has 2 aliphatic rings. The highest BCUT2D eigenvalue weighted by atomic mass is 35.5. The quantitative estimate of drug-likeness (QED) is 0.839. The highest BCUT2D eigenvalue weighted by molar-refractivity contribution is 6.31. The Kier molecular flexibility index (Phi) is 3.42. The van der Waals surface area contributed by atoms with Crippen LogP contribution in [0.25, 0.3) is 0 Å². The molecule has 1 aromatic rings. The summed E-state index contributed by atoms with van der Waals surface area (Å²) in [6.07, 6.45) is 1.69. The SMILES string of the molecule is CC(c1ccccc1Cl)N1CC(=O)N2CCCC2C1=O. The first-order valence-electron chi connectivity index (χ1n) is 6.94. The molecule has 0 aliphatic carbocycles. The van der Waals surface area contributed by atoms with E-state index in [-0.39, 0.29) is 30.4 Å². The fourth-order valence-corrected chi connectivity index (χ4v) is 3.43. The van der Waals surface area contributed by atoms with Gasteiger partial charge < -0.3 is 9.80 Å². The summed E-state index contributed by atoms with van der Waals surface area (Å²) in [4.78, 5) is 28.1. The van der Waals surface area contributed by atoms with Gasteiger partial charge in [0.05, 0.1) is 6.04 Å². The molecule has 2 aliphatic heterocycles. The van der Waals surface area contributed by atoms with Gasteiger partial charge in [0.25, 0.3) is 0 Å². The van der Waals surface area contributed by atoms with Crippen LogP contribution in [0.2, 0.25) is 5.02 Å². The Morgan fingerprint density at radius 3 is 2.80 bits per heavy atom. The number of carbonyl (C=O) groups is 2. The lowest BCUT2D eigenvalue weighted by molar-refractivity contribution is -0.155. The number of piperazine rings is 1. The number of rotatable bonds is 2. The van der Waals surface area contributed by atoms with Crippen LogP contribution in [0.4, 0.5) is 0 Å². The van der Waals surface area contributed by atoms with Crippen LogP contribution in [0, 0.1) is 0 Å². The Labute approximate surface area is 123 Å². The maximum absolute atomic E-state index is 12.6. The molecule has 0 bridgehead atoms. The normalized spacial score (nSPS) is 24.0. The Bertz CT molecular complexity index is 561. The topological polar surface area (TPSA) is 40.6 Å². The Morgan fingerprint density at radius 2 is 2.05 bits per heavy atom. The average molecular weight is 293 g/mol. The molecule has 2 amide bonds. The number of hydrogen-bond donors (Lipinski definition) is 0. The van der Waals surface area contributed by atoms with E-state index in [0.717, 1.165) is 18.4 Å². The molecule has 2 saturated heterocycles. The van der Waals surface area contributed by atoms with Crippen LogP contribution in [0.1, 0.15) is 31.4 Å². The van der Waals surface area contributed by atoms with Crippen molar-refractivity contribution in [2.24, 2.45) is 0 Å². The Morgan fingerprint density at radius 1 is 1.30 bits per heavy atom. The van der Waals surface area contributed by atoms with Crippen LogP contribution in [-0.4, -0.2) is 40.7 Å². The molecule has 0 radical (unpaired) electrons. The summed E-state index contributed by atoms with van der Waals surface area (Å²) in [6.45, 7) is 2.79. The summed E-state index contributed by atoms with van der Waals surface area (Å²) in [5.74, 6) is 0.0977. The van der Waals surface area contributed by atoms with E-state index in [2.05, 4.69) is 0 Å². The summed E-state index contributed by atoms with van der Waals surface area (Å²) in [5, 5.41) is 0.633. The van der Waals surface area contributed by atoms with E-state index >= 15 is 0 Å². The molecule has 2 fully saturated rings. The van der Waals surface area contributed by atoms with Gasteiger partial charge in [-0.3, -0.25) is 9.59 Å². The van der Waals surface area contributed by atoms with E-state index in [9.17, 15) is 9.59 Å². The summed E-state index contributed by atoms with van der Waals surface area (Å²) in [7, 11) is 0. The summed E-state index contributed by atoms with van der Waals surface area (Å²) < 4.78 is 0. The Balaban J connectivity index is 1.88. The highest BCUT2D eigenvalue weighted by Crippen LogP contribution is 2.32. The lowest BCUT2D eigenvalue weighted by Gasteiger charge is -2.39. The van der Waals surface area contributed by atoms with E-state index < -0.39 is 0 Å². The van der Waals surface area contributed by atoms with E-state index in [1.54, 1.807) is 9.80 Å². The first-order valence-corrected chi connectivity index (χ1v) is 7.32. The van der Waals surface area contributed by atoms with Gasteiger partial charge in [-0.15, -0.1) is 0 Å². The van der Waals surface area contributed by atoms with Gasteiger partial charge in [0, 0.05) is 11.6 Å². The van der Waals surface area contributed by atoms with Crippen molar-refractivity contribution < 1.29 is 9.59 Å². The van der Waals surface area contributed by atoms with Crippen molar-refractivity contribution in [3.8, 4) is 0 Å². The molecule has 0 spiro atoms. The third-order valence-corrected chi connectivity index (χ3v) is 4.61. The van der Waals surface area contributed by atoms with Crippen molar-refractivity contribution in [1.82, 2.24) is 9.80 Å². The van der Waals surface area contributed by atoms with Gasteiger partial charge in [0.2, 0.25) is 11.8 Å². The van der Waals surface area contributed by atoms with Crippen LogP contribution in [0.5, 0.6) is 0 Å². The maximum Gasteiger partial charge on any atom is 0.246 e. The lowest BCUT2D eigenvalue weighted by atomic mass is 10.0. The molecule has 2 heterocycles. The van der Waals surface area contributed by atoms with E-state index in [4.69, 9.17) is 11.6 Å². The molecule has 3 rings (SSSR count). The Hall–Kier alpha value is -1.55. The second-order valence-electron chi connectivity index (χ2n) is 5.41. The minimum atomic E-state index is -0.263. The van der Waals surface area contributed by atoms with Crippen molar-refractivity contribution in [2.45, 2.75) is 31.8 Å². The summed E-state index contributed by atoms with van der Waals surface area (Å²) >= 11 is 6.20. The smallest absolute Gasteiger partial charge is 0.246 e. The van der Waals surface area contributed by atoms with Gasteiger partial charge in [-0.1, -0.05) is 29.8 Å². The molecular weight excluding hydrogens is 276 g/mol. The monoisotopic (exact) mass is 292 g/mol. The third-order valence-electron chi connectivity index (χ3n) is 4.27. The van der Waals surface area contributed by atoms with Crippen molar-refractivity contribution in [3.05, 3.63) is 34.9 Å². The van der Waals surface area contributed by atoms with Crippen LogP contribution >= 0.6 is 11.6 Å². The number of fused-ring (bicyclic) bond motifs is 1. The van der Waals surface area contributed by atoms with Crippen molar-refractivity contribution in [1.29, 1.82) is 0 Å². The molecule has 106 valence electrons. The average Bonchev–Trinajstić information content (AvgIpc) is 2.93. The molecule has 4 nitrogen and oxygen atoms in total. The van der Waals surface area contributed by atoms with Crippen LogP contribution in [0.3, 0.4) is 0 Å². The van der Waals surface area contributed by atoms with E-state index in [1.807, 2.05) is 31.2 Å². The lowest BCUT2D eigenvalue weighted by Crippen LogP contribution is -2.57. The second kappa shape index (κ2) is 5.09. The standard InChI is InChI=1S/C15H17ClN2O2/c1-10(11-5-2-3-6-12(11)16)18-9-14(19)17-8-4-7-13(17)15(18)20/h2-3,5-6,10,13H,4,7-9H2,1H3. The van der Waals surface area contributed by atoms with Gasteiger partial charge in [-0.2, -0.15) is 0 Å². The molecule has 0 saturated carbocycles. The number of hydrogen-bond acceptors (Lipinski definition) is 2. The van der Waals surface area contributed by atoms with Crippen LogP contribution < -0.4 is 0 Å². The molecule has 2 unspecified atom stereocenters. The first kappa shape index (κ1) is 13.4. The molecule has 20 heavy (non-hydrogen) atoms. The van der Waals surface area contributed by atoms with Crippen LogP contribution in [0.15, 0.2) is 24.3 Å². The largest absolute Gasteiger partial charge is 0.329 e. The van der Waals surface area contributed by atoms with Gasteiger partial charge in [-0.25, -0.2) is 0 Å². The van der Waals surface area contributed by atoms with Gasteiger partial charge in [-0.05, 0) is 31.4 Å². The van der Waals surface area contributed by atoms with Crippen molar-refractivity contribution in [2.75, 3.05) is 13.1 Å². The number of halogens is 1. The zero-order valence-electron chi connectivity index (χ0n) is 11.4. The van der Waals surface area contributed by atoms with Gasteiger partial charge >= 0.3 is 0 Å². The third kappa shape index (κ3) is 2.08.